The van der Waals surface area contributed by atoms with Gasteiger partial charge in [-0.05, 0) is 55.5 Å². The molecule has 0 fully saturated rings. The standard InChI is InChI=1S/C22H20N6OS/c1-15(21(29)25-18-11-9-17(23)10-12-18)30-22-27-26-20(16-6-5-13-24-14-16)28(22)19-7-3-2-4-8-19/h2-15H,23H2,1H3,(H,25,29). The van der Waals surface area contributed by atoms with Gasteiger partial charge in [0, 0.05) is 35.0 Å². The van der Waals surface area contributed by atoms with E-state index in [1.807, 2.05) is 54.0 Å². The molecule has 30 heavy (non-hydrogen) atoms. The summed E-state index contributed by atoms with van der Waals surface area (Å²) >= 11 is 1.34. The summed E-state index contributed by atoms with van der Waals surface area (Å²) in [4.78, 5) is 16.9. The van der Waals surface area contributed by atoms with Crippen LogP contribution in [0, 0.1) is 0 Å². The highest BCUT2D eigenvalue weighted by Gasteiger charge is 2.22. The minimum absolute atomic E-state index is 0.129. The maximum Gasteiger partial charge on any atom is 0.237 e. The topological polar surface area (TPSA) is 98.7 Å². The number of anilines is 2. The van der Waals surface area contributed by atoms with Gasteiger partial charge in [-0.2, -0.15) is 0 Å². The molecule has 2 aromatic carbocycles. The highest BCUT2D eigenvalue weighted by atomic mass is 32.2. The number of nitrogen functional groups attached to an aromatic ring is 1. The number of nitrogens with one attached hydrogen (secondary N) is 1. The molecular weight excluding hydrogens is 396 g/mol. The van der Waals surface area contributed by atoms with E-state index in [2.05, 4.69) is 20.5 Å². The van der Waals surface area contributed by atoms with E-state index in [1.165, 1.54) is 11.8 Å². The summed E-state index contributed by atoms with van der Waals surface area (Å²) < 4.78 is 1.94. The summed E-state index contributed by atoms with van der Waals surface area (Å²) in [7, 11) is 0. The van der Waals surface area contributed by atoms with Crippen molar-refractivity contribution in [1.29, 1.82) is 0 Å². The van der Waals surface area contributed by atoms with E-state index in [-0.39, 0.29) is 5.91 Å². The monoisotopic (exact) mass is 416 g/mol. The van der Waals surface area contributed by atoms with Crippen LogP contribution in [0.3, 0.4) is 0 Å². The normalized spacial score (nSPS) is 11.8. The number of aromatic nitrogens is 4. The first-order valence-electron chi connectivity index (χ1n) is 9.36. The van der Waals surface area contributed by atoms with Gasteiger partial charge in [0.05, 0.1) is 5.25 Å². The number of nitrogens with zero attached hydrogens (tertiary/aromatic N) is 4. The van der Waals surface area contributed by atoms with Gasteiger partial charge in [0.1, 0.15) is 0 Å². The molecule has 3 N–H and O–H groups in total. The van der Waals surface area contributed by atoms with Gasteiger partial charge in [0.25, 0.3) is 0 Å². The third-order valence-electron chi connectivity index (χ3n) is 4.40. The Bertz CT molecular complexity index is 1130. The Labute approximate surface area is 178 Å². The highest BCUT2D eigenvalue weighted by molar-refractivity contribution is 8.00. The van der Waals surface area contributed by atoms with E-state index in [0.717, 1.165) is 11.3 Å². The fourth-order valence-electron chi connectivity index (χ4n) is 2.86. The average molecular weight is 417 g/mol. The van der Waals surface area contributed by atoms with Crippen molar-refractivity contribution in [3.63, 3.8) is 0 Å². The van der Waals surface area contributed by atoms with Gasteiger partial charge in [-0.3, -0.25) is 14.3 Å². The van der Waals surface area contributed by atoms with Crippen LogP contribution in [0.4, 0.5) is 11.4 Å². The van der Waals surface area contributed by atoms with Gasteiger partial charge >= 0.3 is 0 Å². The second-order valence-electron chi connectivity index (χ2n) is 6.59. The van der Waals surface area contributed by atoms with Gasteiger partial charge in [-0.25, -0.2) is 0 Å². The predicted molar refractivity (Wildman–Crippen MR) is 119 cm³/mol. The first-order chi connectivity index (χ1) is 14.6. The Morgan fingerprint density at radius 2 is 1.80 bits per heavy atom. The minimum atomic E-state index is -0.393. The SMILES string of the molecule is CC(Sc1nnc(-c2cccnc2)n1-c1ccccc1)C(=O)Nc1ccc(N)cc1. The Balaban J connectivity index is 1.61. The molecule has 0 aliphatic carbocycles. The molecule has 4 rings (SSSR count). The summed E-state index contributed by atoms with van der Waals surface area (Å²) in [5, 5.41) is 11.9. The van der Waals surface area contributed by atoms with Gasteiger partial charge in [-0.1, -0.05) is 30.0 Å². The van der Waals surface area contributed by atoms with Crippen LogP contribution >= 0.6 is 11.8 Å². The number of benzene rings is 2. The number of carbonyl (C=O) groups is 1. The molecule has 7 nitrogen and oxygen atoms in total. The van der Waals surface area contributed by atoms with Crippen LogP contribution < -0.4 is 11.1 Å². The van der Waals surface area contributed by atoms with Crippen LogP contribution in [0.5, 0.6) is 0 Å². The Morgan fingerprint density at radius 3 is 2.50 bits per heavy atom. The lowest BCUT2D eigenvalue weighted by Crippen LogP contribution is -2.22. The molecule has 0 aliphatic rings. The molecule has 0 aliphatic heterocycles. The van der Waals surface area contributed by atoms with E-state index < -0.39 is 5.25 Å². The maximum atomic E-state index is 12.7. The van der Waals surface area contributed by atoms with Crippen LogP contribution in [0.2, 0.25) is 0 Å². The number of pyridine rings is 1. The molecule has 1 amide bonds. The van der Waals surface area contributed by atoms with Crippen LogP contribution in [0.25, 0.3) is 17.1 Å². The molecular formula is C22H20N6OS. The quantitative estimate of drug-likeness (QED) is 0.364. The smallest absolute Gasteiger partial charge is 0.237 e. The maximum absolute atomic E-state index is 12.7. The number of nitrogens with two attached hydrogens (primary N) is 1. The summed E-state index contributed by atoms with van der Waals surface area (Å²) in [5.41, 5.74) is 8.81. The molecule has 0 saturated heterocycles. The van der Waals surface area contributed by atoms with Crippen molar-refractivity contribution < 1.29 is 4.79 Å². The summed E-state index contributed by atoms with van der Waals surface area (Å²) in [5.74, 6) is 0.540. The zero-order valence-electron chi connectivity index (χ0n) is 16.3. The molecule has 1 unspecified atom stereocenters. The lowest BCUT2D eigenvalue weighted by Gasteiger charge is -2.14. The molecule has 4 aromatic rings. The van der Waals surface area contributed by atoms with Crippen molar-refractivity contribution in [2.24, 2.45) is 0 Å². The van der Waals surface area contributed by atoms with E-state index in [9.17, 15) is 4.79 Å². The number of hydrogen-bond acceptors (Lipinski definition) is 6. The van der Waals surface area contributed by atoms with Crippen LogP contribution in [0.15, 0.2) is 84.3 Å². The first kappa shape index (κ1) is 19.7. The fraction of sp³-hybridized carbons (Fsp3) is 0.0909. The number of amides is 1. The van der Waals surface area contributed by atoms with Gasteiger partial charge < -0.3 is 11.1 Å². The molecule has 1 atom stereocenters. The summed E-state index contributed by atoms with van der Waals surface area (Å²) in [6.45, 7) is 1.84. The lowest BCUT2D eigenvalue weighted by molar-refractivity contribution is -0.115. The zero-order valence-corrected chi connectivity index (χ0v) is 17.1. The number of para-hydroxylation sites is 1. The Hall–Kier alpha value is -3.65. The summed E-state index contributed by atoms with van der Waals surface area (Å²) in [6.07, 6.45) is 3.46. The molecule has 2 aromatic heterocycles. The number of hydrogen-bond donors (Lipinski definition) is 2. The van der Waals surface area contributed by atoms with Crippen molar-refractivity contribution in [3.05, 3.63) is 79.1 Å². The van der Waals surface area contributed by atoms with Crippen LogP contribution in [0.1, 0.15) is 6.92 Å². The van der Waals surface area contributed by atoms with Gasteiger partial charge in [-0.15, -0.1) is 10.2 Å². The number of carbonyl (C=O) groups excluding carboxylic acids is 1. The Morgan fingerprint density at radius 1 is 1.03 bits per heavy atom. The highest BCUT2D eigenvalue weighted by Crippen LogP contribution is 2.30. The fourth-order valence-corrected chi connectivity index (χ4v) is 3.73. The van der Waals surface area contributed by atoms with E-state index in [1.54, 1.807) is 36.7 Å². The van der Waals surface area contributed by atoms with Crippen molar-refractivity contribution >= 4 is 29.0 Å². The van der Waals surface area contributed by atoms with E-state index in [0.29, 0.717) is 22.4 Å². The number of rotatable bonds is 6. The van der Waals surface area contributed by atoms with Crippen LogP contribution in [-0.2, 0) is 4.79 Å². The molecule has 2 heterocycles. The predicted octanol–water partition coefficient (Wildman–Crippen LogP) is 4.03. The zero-order chi connectivity index (χ0) is 20.9. The second kappa shape index (κ2) is 8.79. The van der Waals surface area contributed by atoms with Gasteiger partial charge in [0.15, 0.2) is 11.0 Å². The van der Waals surface area contributed by atoms with E-state index in [4.69, 9.17) is 5.73 Å². The Kier molecular flexibility index (Phi) is 5.76. The molecule has 0 radical (unpaired) electrons. The molecule has 8 heteroatoms. The largest absolute Gasteiger partial charge is 0.399 e. The minimum Gasteiger partial charge on any atom is -0.399 e. The molecule has 0 saturated carbocycles. The van der Waals surface area contributed by atoms with Crippen LogP contribution in [-0.4, -0.2) is 30.9 Å². The summed E-state index contributed by atoms with van der Waals surface area (Å²) in [6, 6.07) is 20.7. The van der Waals surface area contributed by atoms with Crippen molar-refractivity contribution in [3.8, 4) is 17.1 Å². The molecule has 150 valence electrons. The first-order valence-corrected chi connectivity index (χ1v) is 10.2. The van der Waals surface area contributed by atoms with Crippen molar-refractivity contribution in [2.45, 2.75) is 17.3 Å². The third kappa shape index (κ3) is 4.33. The van der Waals surface area contributed by atoms with Gasteiger partial charge in [0.2, 0.25) is 5.91 Å². The molecule has 0 bridgehead atoms. The third-order valence-corrected chi connectivity index (χ3v) is 5.44. The molecule has 0 spiro atoms. The number of thioether (sulfide) groups is 1. The average Bonchev–Trinajstić information content (AvgIpc) is 3.20. The van der Waals surface area contributed by atoms with E-state index >= 15 is 0 Å². The second-order valence-corrected chi connectivity index (χ2v) is 7.90. The van der Waals surface area contributed by atoms with Crippen molar-refractivity contribution in [2.75, 3.05) is 11.1 Å². The van der Waals surface area contributed by atoms with Crippen molar-refractivity contribution in [1.82, 2.24) is 19.7 Å². The lowest BCUT2D eigenvalue weighted by atomic mass is 10.2.